The number of likely N-dealkylation sites (tertiary alicyclic amines) is 1. The number of aromatic nitrogens is 2. The van der Waals surface area contributed by atoms with Crippen LogP contribution < -0.4 is 5.73 Å². The molecule has 1 aliphatic heterocycles. The normalized spacial score (nSPS) is 17.0. The van der Waals surface area contributed by atoms with Crippen molar-refractivity contribution in [3.63, 3.8) is 0 Å². The second-order valence-corrected chi connectivity index (χ2v) is 6.72. The molecule has 6 nitrogen and oxygen atoms in total. The van der Waals surface area contributed by atoms with Crippen LogP contribution in [-0.4, -0.2) is 39.6 Å². The van der Waals surface area contributed by atoms with Crippen LogP contribution in [0.2, 0.25) is 0 Å². The molecule has 21 heavy (non-hydrogen) atoms. The standard InChI is InChI=1S/C15H24N4O2/c1-10-9-12(17-19(10)15(2,3)4)14(21)18-7-5-11(6-8-18)13(16)20/h9,11H,5-8H2,1-4H3,(H2,16,20). The number of amides is 2. The van der Waals surface area contributed by atoms with Gasteiger partial charge in [-0.15, -0.1) is 0 Å². The number of carbonyl (C=O) groups is 2. The number of rotatable bonds is 2. The highest BCUT2D eigenvalue weighted by molar-refractivity contribution is 5.92. The van der Waals surface area contributed by atoms with Crippen molar-refractivity contribution in [2.75, 3.05) is 13.1 Å². The van der Waals surface area contributed by atoms with Crippen LogP contribution in [0.5, 0.6) is 0 Å². The number of aryl methyl sites for hydroxylation is 1. The molecule has 1 fully saturated rings. The third-order valence-corrected chi connectivity index (χ3v) is 3.93. The zero-order chi connectivity index (χ0) is 15.8. The summed E-state index contributed by atoms with van der Waals surface area (Å²) < 4.78 is 1.87. The van der Waals surface area contributed by atoms with Crippen LogP contribution >= 0.6 is 0 Å². The molecule has 0 aromatic carbocycles. The molecule has 0 saturated carbocycles. The quantitative estimate of drug-likeness (QED) is 0.891. The summed E-state index contributed by atoms with van der Waals surface area (Å²) >= 11 is 0. The van der Waals surface area contributed by atoms with E-state index in [4.69, 9.17) is 5.73 Å². The number of piperidine rings is 1. The Balaban J connectivity index is 2.10. The molecule has 0 radical (unpaired) electrons. The summed E-state index contributed by atoms with van der Waals surface area (Å²) in [6.07, 6.45) is 1.28. The van der Waals surface area contributed by atoms with Crippen LogP contribution in [0.25, 0.3) is 0 Å². The minimum absolute atomic E-state index is 0.0657. The van der Waals surface area contributed by atoms with Gasteiger partial charge >= 0.3 is 0 Å². The molecule has 0 unspecified atom stereocenters. The van der Waals surface area contributed by atoms with Crippen molar-refractivity contribution in [1.82, 2.24) is 14.7 Å². The SMILES string of the molecule is Cc1cc(C(=O)N2CCC(C(N)=O)CC2)nn1C(C)(C)C. The van der Waals surface area contributed by atoms with Gasteiger partial charge in [0.2, 0.25) is 5.91 Å². The predicted octanol–water partition coefficient (Wildman–Crippen LogP) is 1.28. The summed E-state index contributed by atoms with van der Waals surface area (Å²) in [7, 11) is 0. The fourth-order valence-electron chi connectivity index (χ4n) is 2.79. The van der Waals surface area contributed by atoms with Crippen LogP contribution in [0.4, 0.5) is 0 Å². The average molecular weight is 292 g/mol. The van der Waals surface area contributed by atoms with Crippen molar-refractivity contribution in [3.05, 3.63) is 17.5 Å². The van der Waals surface area contributed by atoms with E-state index >= 15 is 0 Å². The van der Waals surface area contributed by atoms with Gasteiger partial charge in [0, 0.05) is 24.7 Å². The van der Waals surface area contributed by atoms with Crippen molar-refractivity contribution >= 4 is 11.8 Å². The van der Waals surface area contributed by atoms with Gasteiger partial charge in [-0.05, 0) is 46.6 Å². The maximum Gasteiger partial charge on any atom is 0.274 e. The highest BCUT2D eigenvalue weighted by Crippen LogP contribution is 2.21. The monoisotopic (exact) mass is 292 g/mol. The zero-order valence-corrected chi connectivity index (χ0v) is 13.2. The maximum atomic E-state index is 12.5. The summed E-state index contributed by atoms with van der Waals surface area (Å²) in [6.45, 7) is 9.24. The summed E-state index contributed by atoms with van der Waals surface area (Å²) in [5.74, 6) is -0.443. The van der Waals surface area contributed by atoms with Gasteiger partial charge in [-0.2, -0.15) is 5.10 Å². The van der Waals surface area contributed by atoms with Crippen molar-refractivity contribution in [2.24, 2.45) is 11.7 Å². The highest BCUT2D eigenvalue weighted by atomic mass is 16.2. The van der Waals surface area contributed by atoms with E-state index in [-0.39, 0.29) is 23.3 Å². The Morgan fingerprint density at radius 3 is 2.29 bits per heavy atom. The molecule has 2 rings (SSSR count). The summed E-state index contributed by atoms with van der Waals surface area (Å²) in [5, 5.41) is 4.44. The average Bonchev–Trinajstić information content (AvgIpc) is 2.80. The largest absolute Gasteiger partial charge is 0.369 e. The van der Waals surface area contributed by atoms with Crippen molar-refractivity contribution in [3.8, 4) is 0 Å². The Morgan fingerprint density at radius 1 is 1.29 bits per heavy atom. The number of primary amides is 1. The maximum absolute atomic E-state index is 12.5. The van der Waals surface area contributed by atoms with Gasteiger partial charge in [-0.25, -0.2) is 0 Å². The van der Waals surface area contributed by atoms with E-state index < -0.39 is 0 Å². The molecule has 2 heterocycles. The third-order valence-electron chi connectivity index (χ3n) is 3.93. The molecule has 1 aromatic rings. The second-order valence-electron chi connectivity index (χ2n) is 6.72. The summed E-state index contributed by atoms with van der Waals surface area (Å²) in [4.78, 5) is 25.4. The lowest BCUT2D eigenvalue weighted by Crippen LogP contribution is -2.42. The second kappa shape index (κ2) is 5.50. The van der Waals surface area contributed by atoms with E-state index in [0.717, 1.165) is 5.69 Å². The number of carbonyl (C=O) groups excluding carboxylic acids is 2. The van der Waals surface area contributed by atoms with Gasteiger partial charge in [-0.1, -0.05) is 0 Å². The molecule has 0 aliphatic carbocycles. The first-order valence-corrected chi connectivity index (χ1v) is 7.36. The molecule has 2 N–H and O–H groups in total. The topological polar surface area (TPSA) is 81.2 Å². The van der Waals surface area contributed by atoms with E-state index in [1.54, 1.807) is 4.90 Å². The Labute approximate surface area is 125 Å². The lowest BCUT2D eigenvalue weighted by Gasteiger charge is -2.30. The van der Waals surface area contributed by atoms with Crippen LogP contribution in [-0.2, 0) is 10.3 Å². The molecule has 2 amide bonds. The van der Waals surface area contributed by atoms with Gasteiger partial charge in [0.25, 0.3) is 5.91 Å². The van der Waals surface area contributed by atoms with E-state index in [1.165, 1.54) is 0 Å². The van der Waals surface area contributed by atoms with Gasteiger partial charge in [0.15, 0.2) is 5.69 Å². The Hall–Kier alpha value is -1.85. The van der Waals surface area contributed by atoms with E-state index in [0.29, 0.717) is 31.6 Å². The first kappa shape index (κ1) is 15.5. The fraction of sp³-hybridized carbons (Fsp3) is 0.667. The summed E-state index contributed by atoms with van der Waals surface area (Å²) in [6, 6.07) is 1.83. The molecule has 1 aliphatic rings. The number of nitrogens with zero attached hydrogens (tertiary/aromatic N) is 3. The molecule has 0 spiro atoms. The van der Waals surface area contributed by atoms with E-state index in [9.17, 15) is 9.59 Å². The Morgan fingerprint density at radius 2 is 1.86 bits per heavy atom. The van der Waals surface area contributed by atoms with Crippen LogP contribution in [0.15, 0.2) is 6.07 Å². The van der Waals surface area contributed by atoms with Crippen LogP contribution in [0.3, 0.4) is 0 Å². The Bertz CT molecular complexity index is 549. The minimum Gasteiger partial charge on any atom is -0.369 e. The number of hydrogen-bond acceptors (Lipinski definition) is 3. The minimum atomic E-state index is -0.269. The molecular formula is C15H24N4O2. The number of nitrogens with two attached hydrogens (primary N) is 1. The van der Waals surface area contributed by atoms with Crippen molar-refractivity contribution in [1.29, 1.82) is 0 Å². The summed E-state index contributed by atoms with van der Waals surface area (Å²) in [5.41, 5.74) is 6.60. The molecular weight excluding hydrogens is 268 g/mol. The molecule has 0 atom stereocenters. The fourth-order valence-corrected chi connectivity index (χ4v) is 2.79. The highest BCUT2D eigenvalue weighted by Gasteiger charge is 2.28. The lowest BCUT2D eigenvalue weighted by atomic mass is 9.96. The molecule has 0 bridgehead atoms. The third kappa shape index (κ3) is 3.25. The van der Waals surface area contributed by atoms with E-state index in [1.807, 2.05) is 17.7 Å². The van der Waals surface area contributed by atoms with Gasteiger partial charge in [-0.3, -0.25) is 14.3 Å². The zero-order valence-electron chi connectivity index (χ0n) is 13.2. The smallest absolute Gasteiger partial charge is 0.274 e. The van der Waals surface area contributed by atoms with Crippen molar-refractivity contribution < 1.29 is 9.59 Å². The van der Waals surface area contributed by atoms with Crippen LogP contribution in [0, 0.1) is 12.8 Å². The van der Waals surface area contributed by atoms with Crippen molar-refractivity contribution in [2.45, 2.75) is 46.1 Å². The van der Waals surface area contributed by atoms with E-state index in [2.05, 4.69) is 25.9 Å². The predicted molar refractivity (Wildman–Crippen MR) is 79.8 cm³/mol. The molecule has 1 saturated heterocycles. The Kier molecular flexibility index (Phi) is 4.07. The van der Waals surface area contributed by atoms with Crippen LogP contribution in [0.1, 0.15) is 49.8 Å². The van der Waals surface area contributed by atoms with Gasteiger partial charge in [0.1, 0.15) is 0 Å². The molecule has 1 aromatic heterocycles. The van der Waals surface area contributed by atoms with Gasteiger partial charge < -0.3 is 10.6 Å². The first-order valence-electron chi connectivity index (χ1n) is 7.36. The van der Waals surface area contributed by atoms with Gasteiger partial charge in [0.05, 0.1) is 5.54 Å². The first-order chi connectivity index (χ1) is 9.70. The molecule has 116 valence electrons. The lowest BCUT2D eigenvalue weighted by molar-refractivity contribution is -0.123. The molecule has 6 heteroatoms. The number of hydrogen-bond donors (Lipinski definition) is 1.